The zero-order valence-electron chi connectivity index (χ0n) is 13.1. The highest BCUT2D eigenvalue weighted by molar-refractivity contribution is 5.25. The van der Waals surface area contributed by atoms with Crippen molar-refractivity contribution in [1.82, 2.24) is 24.6 Å². The Kier molecular flexibility index (Phi) is 4.35. The minimum atomic E-state index is 0.183. The van der Waals surface area contributed by atoms with Gasteiger partial charge in [-0.05, 0) is 12.5 Å². The quantitative estimate of drug-likeness (QED) is 0.826. The summed E-state index contributed by atoms with van der Waals surface area (Å²) in [6.07, 6.45) is 4.58. The summed E-state index contributed by atoms with van der Waals surface area (Å²) in [7, 11) is 5.37. The van der Waals surface area contributed by atoms with Crippen molar-refractivity contribution in [2.75, 3.05) is 20.8 Å². The summed E-state index contributed by atoms with van der Waals surface area (Å²) >= 11 is 0. The molecule has 0 amide bonds. The zero-order chi connectivity index (χ0) is 15.5. The number of rotatable bonds is 5. The molecule has 1 aliphatic heterocycles. The van der Waals surface area contributed by atoms with Crippen LogP contribution in [-0.4, -0.2) is 51.5 Å². The van der Waals surface area contributed by atoms with Gasteiger partial charge >= 0.3 is 0 Å². The largest absolute Gasteiger partial charge is 0.481 e. The Labute approximate surface area is 129 Å². The molecule has 2 aromatic heterocycles. The Bertz CT molecular complexity index is 630. The molecule has 0 bridgehead atoms. The van der Waals surface area contributed by atoms with Gasteiger partial charge in [0.2, 0.25) is 5.88 Å². The van der Waals surface area contributed by atoms with E-state index in [9.17, 15) is 0 Å². The number of hydrogen-bond donors (Lipinski definition) is 0. The predicted octanol–water partition coefficient (Wildman–Crippen LogP) is 1.18. The van der Waals surface area contributed by atoms with Crippen molar-refractivity contribution in [2.45, 2.75) is 25.1 Å². The van der Waals surface area contributed by atoms with E-state index < -0.39 is 0 Å². The molecule has 1 aliphatic rings. The Balaban J connectivity index is 1.85. The minimum Gasteiger partial charge on any atom is -0.481 e. The molecule has 0 aliphatic carbocycles. The van der Waals surface area contributed by atoms with E-state index in [4.69, 9.17) is 9.47 Å². The van der Waals surface area contributed by atoms with E-state index in [1.807, 2.05) is 23.7 Å². The third-order valence-electron chi connectivity index (χ3n) is 4.16. The maximum Gasteiger partial charge on any atom is 0.217 e. The van der Waals surface area contributed by atoms with Gasteiger partial charge in [-0.15, -0.1) is 10.2 Å². The van der Waals surface area contributed by atoms with Crippen LogP contribution in [0.4, 0.5) is 0 Å². The van der Waals surface area contributed by atoms with Gasteiger partial charge in [0.05, 0.1) is 19.3 Å². The molecule has 1 saturated heterocycles. The number of likely N-dealkylation sites (tertiary alicyclic amines) is 1. The van der Waals surface area contributed by atoms with Crippen molar-refractivity contribution in [1.29, 1.82) is 0 Å². The van der Waals surface area contributed by atoms with Crippen LogP contribution in [0.15, 0.2) is 24.7 Å². The minimum absolute atomic E-state index is 0.183. The fourth-order valence-corrected chi connectivity index (χ4v) is 3.02. The monoisotopic (exact) mass is 303 g/mol. The van der Waals surface area contributed by atoms with Gasteiger partial charge in [0.1, 0.15) is 12.2 Å². The van der Waals surface area contributed by atoms with E-state index in [0.717, 1.165) is 30.9 Å². The molecule has 7 nitrogen and oxygen atoms in total. The third kappa shape index (κ3) is 2.82. The average Bonchev–Trinajstić information content (AvgIpc) is 3.13. The van der Waals surface area contributed by atoms with Gasteiger partial charge < -0.3 is 14.0 Å². The molecule has 2 aromatic rings. The van der Waals surface area contributed by atoms with Crippen LogP contribution < -0.4 is 4.74 Å². The van der Waals surface area contributed by atoms with E-state index in [1.165, 1.54) is 0 Å². The van der Waals surface area contributed by atoms with Gasteiger partial charge in [-0.2, -0.15) is 0 Å². The first kappa shape index (κ1) is 14.9. The number of aryl methyl sites for hydroxylation is 1. The summed E-state index contributed by atoms with van der Waals surface area (Å²) in [5.74, 6) is 1.63. The first-order valence-electron chi connectivity index (χ1n) is 7.31. The van der Waals surface area contributed by atoms with Crippen LogP contribution in [0, 0.1) is 0 Å². The van der Waals surface area contributed by atoms with Crippen LogP contribution in [0.1, 0.15) is 23.9 Å². The maximum atomic E-state index is 5.56. The third-order valence-corrected chi connectivity index (χ3v) is 4.16. The SMILES string of the molecule is COc1ncccc1CN1C[C@H](OC)C[C@H]1c1nncn1C. The fraction of sp³-hybridized carbons (Fsp3) is 0.533. The number of pyridine rings is 1. The Hall–Kier alpha value is -1.99. The summed E-state index contributed by atoms with van der Waals surface area (Å²) in [6.45, 7) is 1.60. The highest BCUT2D eigenvalue weighted by atomic mass is 16.5. The summed E-state index contributed by atoms with van der Waals surface area (Å²) in [4.78, 5) is 6.62. The van der Waals surface area contributed by atoms with Crippen molar-refractivity contribution in [2.24, 2.45) is 7.05 Å². The van der Waals surface area contributed by atoms with Gasteiger partial charge in [-0.1, -0.05) is 6.07 Å². The van der Waals surface area contributed by atoms with E-state index in [1.54, 1.807) is 26.7 Å². The number of hydrogen-bond acceptors (Lipinski definition) is 6. The van der Waals surface area contributed by atoms with E-state index >= 15 is 0 Å². The van der Waals surface area contributed by atoms with Gasteiger partial charge in [0, 0.05) is 39.0 Å². The predicted molar refractivity (Wildman–Crippen MR) is 80.4 cm³/mol. The Morgan fingerprint density at radius 2 is 2.23 bits per heavy atom. The van der Waals surface area contributed by atoms with Gasteiger partial charge in [-0.3, -0.25) is 4.90 Å². The van der Waals surface area contributed by atoms with Crippen molar-refractivity contribution in [3.63, 3.8) is 0 Å². The number of ether oxygens (including phenoxy) is 2. The summed E-state index contributed by atoms with van der Waals surface area (Å²) in [5.41, 5.74) is 1.06. The van der Waals surface area contributed by atoms with Crippen molar-refractivity contribution < 1.29 is 9.47 Å². The first-order valence-corrected chi connectivity index (χ1v) is 7.31. The van der Waals surface area contributed by atoms with Crippen LogP contribution in [0.2, 0.25) is 0 Å². The summed E-state index contributed by atoms with van der Waals surface area (Å²) in [5, 5.41) is 8.27. The lowest BCUT2D eigenvalue weighted by molar-refractivity contribution is 0.107. The highest BCUT2D eigenvalue weighted by Crippen LogP contribution is 2.34. The van der Waals surface area contributed by atoms with Gasteiger partial charge in [-0.25, -0.2) is 4.98 Å². The molecule has 7 heteroatoms. The molecule has 0 aromatic carbocycles. The molecular formula is C15H21N5O2. The van der Waals surface area contributed by atoms with Crippen LogP contribution in [0.3, 0.4) is 0 Å². The molecule has 3 rings (SSSR count). The molecule has 0 radical (unpaired) electrons. The Morgan fingerprint density at radius 3 is 2.91 bits per heavy atom. The van der Waals surface area contributed by atoms with E-state index in [2.05, 4.69) is 20.1 Å². The van der Waals surface area contributed by atoms with Crippen molar-refractivity contribution in [3.05, 3.63) is 36.0 Å². The van der Waals surface area contributed by atoms with Crippen molar-refractivity contribution in [3.8, 4) is 5.88 Å². The molecule has 0 N–H and O–H groups in total. The lowest BCUT2D eigenvalue weighted by Gasteiger charge is -2.23. The number of methoxy groups -OCH3 is 2. The van der Waals surface area contributed by atoms with Crippen LogP contribution in [-0.2, 0) is 18.3 Å². The molecule has 2 atom stereocenters. The lowest BCUT2D eigenvalue weighted by Crippen LogP contribution is -2.26. The first-order chi connectivity index (χ1) is 10.7. The second-order valence-corrected chi connectivity index (χ2v) is 5.51. The smallest absolute Gasteiger partial charge is 0.217 e. The molecule has 0 unspecified atom stereocenters. The molecule has 0 saturated carbocycles. The molecule has 22 heavy (non-hydrogen) atoms. The molecule has 1 fully saturated rings. The Morgan fingerprint density at radius 1 is 1.36 bits per heavy atom. The average molecular weight is 303 g/mol. The normalized spacial score (nSPS) is 22.1. The molecule has 3 heterocycles. The molecule has 118 valence electrons. The van der Waals surface area contributed by atoms with Crippen molar-refractivity contribution >= 4 is 0 Å². The maximum absolute atomic E-state index is 5.56. The van der Waals surface area contributed by atoms with Gasteiger partial charge in [0.15, 0.2) is 0 Å². The van der Waals surface area contributed by atoms with Crippen LogP contribution in [0.5, 0.6) is 5.88 Å². The zero-order valence-corrected chi connectivity index (χ0v) is 13.1. The summed E-state index contributed by atoms with van der Waals surface area (Å²) < 4.78 is 12.9. The highest BCUT2D eigenvalue weighted by Gasteiger charge is 2.36. The van der Waals surface area contributed by atoms with E-state index in [0.29, 0.717) is 5.88 Å². The fourth-order valence-electron chi connectivity index (χ4n) is 3.02. The number of nitrogens with zero attached hydrogens (tertiary/aromatic N) is 5. The topological polar surface area (TPSA) is 65.3 Å². The van der Waals surface area contributed by atoms with Gasteiger partial charge in [0.25, 0.3) is 0 Å². The molecule has 0 spiro atoms. The standard InChI is InChI=1S/C15H21N5O2/c1-19-10-17-18-14(19)13-7-12(21-2)9-20(13)8-11-5-4-6-16-15(11)22-3/h4-6,10,12-13H,7-9H2,1-3H3/t12-,13+/m1/s1. The van der Waals surface area contributed by atoms with Crippen LogP contribution in [0.25, 0.3) is 0 Å². The van der Waals surface area contributed by atoms with E-state index in [-0.39, 0.29) is 12.1 Å². The molecular weight excluding hydrogens is 282 g/mol. The second-order valence-electron chi connectivity index (χ2n) is 5.51. The number of aromatic nitrogens is 4. The second kappa shape index (κ2) is 6.41. The van der Waals surface area contributed by atoms with Crippen LogP contribution >= 0.6 is 0 Å². The summed E-state index contributed by atoms with van der Waals surface area (Å²) in [6, 6.07) is 4.15. The lowest BCUT2D eigenvalue weighted by atomic mass is 10.1.